The third-order valence-electron chi connectivity index (χ3n) is 6.94. The summed E-state index contributed by atoms with van der Waals surface area (Å²) in [7, 11) is 0. The molecule has 3 N–H and O–H groups in total. The number of hydrogen-bond acceptors (Lipinski definition) is 4. The van der Waals surface area contributed by atoms with Crippen molar-refractivity contribution >= 4 is 18.0 Å². The SMILES string of the molecule is CC(C)[C@H](NC(=O)[C@@H]1CCC[C@@H](NC(=O)OCC2c3ccccc3-c3ccccc32)C1)C(=O)O. The van der Waals surface area contributed by atoms with E-state index in [2.05, 4.69) is 34.9 Å². The number of nitrogens with one attached hydrogen (secondary N) is 2. The molecule has 2 aromatic rings. The minimum atomic E-state index is -1.03. The first-order valence-corrected chi connectivity index (χ1v) is 12.0. The molecule has 0 bridgehead atoms. The molecule has 0 radical (unpaired) electrons. The first kappa shape index (κ1) is 23.8. The van der Waals surface area contributed by atoms with E-state index in [1.165, 1.54) is 11.1 Å². The third kappa shape index (κ3) is 5.08. The molecule has 2 aromatic carbocycles. The zero-order valence-corrected chi connectivity index (χ0v) is 19.6. The lowest BCUT2D eigenvalue weighted by Gasteiger charge is -2.30. The predicted octanol–water partition coefficient (Wildman–Crippen LogP) is 4.31. The van der Waals surface area contributed by atoms with E-state index in [4.69, 9.17) is 4.74 Å². The van der Waals surface area contributed by atoms with E-state index in [-0.39, 0.29) is 36.3 Å². The molecule has 0 aromatic heterocycles. The van der Waals surface area contributed by atoms with E-state index < -0.39 is 18.1 Å². The summed E-state index contributed by atoms with van der Waals surface area (Å²) in [4.78, 5) is 36.7. The third-order valence-corrected chi connectivity index (χ3v) is 6.94. The summed E-state index contributed by atoms with van der Waals surface area (Å²) >= 11 is 0. The highest BCUT2D eigenvalue weighted by molar-refractivity contribution is 5.85. The second kappa shape index (κ2) is 10.3. The lowest BCUT2D eigenvalue weighted by Crippen LogP contribution is -2.49. The molecule has 2 amide bonds. The highest BCUT2D eigenvalue weighted by Crippen LogP contribution is 2.44. The summed E-state index contributed by atoms with van der Waals surface area (Å²) in [6, 6.07) is 15.3. The molecule has 2 aliphatic rings. The second-order valence-electron chi connectivity index (χ2n) is 9.60. The monoisotopic (exact) mass is 464 g/mol. The fraction of sp³-hybridized carbons (Fsp3) is 0.444. The van der Waals surface area contributed by atoms with E-state index in [0.29, 0.717) is 12.8 Å². The fourth-order valence-electron chi connectivity index (χ4n) is 5.15. The minimum absolute atomic E-state index is 0.00739. The summed E-state index contributed by atoms with van der Waals surface area (Å²) in [5, 5.41) is 14.9. The van der Waals surface area contributed by atoms with Crippen LogP contribution in [0.25, 0.3) is 11.1 Å². The zero-order valence-electron chi connectivity index (χ0n) is 19.6. The number of aliphatic carboxylic acids is 1. The number of ether oxygens (including phenoxy) is 1. The van der Waals surface area contributed by atoms with Gasteiger partial charge in [0.1, 0.15) is 12.6 Å². The van der Waals surface area contributed by atoms with Gasteiger partial charge in [-0.3, -0.25) is 4.79 Å². The Morgan fingerprint density at radius 3 is 2.21 bits per heavy atom. The lowest BCUT2D eigenvalue weighted by molar-refractivity contribution is -0.144. The van der Waals surface area contributed by atoms with Gasteiger partial charge in [-0.25, -0.2) is 9.59 Å². The van der Waals surface area contributed by atoms with E-state index >= 15 is 0 Å². The largest absolute Gasteiger partial charge is 0.480 e. The van der Waals surface area contributed by atoms with Crippen LogP contribution in [-0.2, 0) is 14.3 Å². The van der Waals surface area contributed by atoms with Crippen molar-refractivity contribution in [2.24, 2.45) is 11.8 Å². The maximum absolute atomic E-state index is 12.7. The van der Waals surface area contributed by atoms with Crippen LogP contribution in [0, 0.1) is 11.8 Å². The van der Waals surface area contributed by atoms with Crippen molar-refractivity contribution in [2.75, 3.05) is 6.61 Å². The molecule has 0 spiro atoms. The van der Waals surface area contributed by atoms with Crippen molar-refractivity contribution in [1.82, 2.24) is 10.6 Å². The van der Waals surface area contributed by atoms with Gasteiger partial charge in [0.25, 0.3) is 0 Å². The summed E-state index contributed by atoms with van der Waals surface area (Å²) < 4.78 is 5.64. The van der Waals surface area contributed by atoms with Crippen LogP contribution in [0.2, 0.25) is 0 Å². The minimum Gasteiger partial charge on any atom is -0.480 e. The summed E-state index contributed by atoms with van der Waals surface area (Å²) in [5.74, 6) is -1.84. The van der Waals surface area contributed by atoms with E-state index in [9.17, 15) is 19.5 Å². The van der Waals surface area contributed by atoms with Crippen LogP contribution >= 0.6 is 0 Å². The topological polar surface area (TPSA) is 105 Å². The van der Waals surface area contributed by atoms with Crippen LogP contribution in [-0.4, -0.2) is 41.8 Å². The molecule has 7 heteroatoms. The van der Waals surface area contributed by atoms with Crippen molar-refractivity contribution in [3.05, 3.63) is 59.7 Å². The number of alkyl carbamates (subject to hydrolysis) is 1. The molecular weight excluding hydrogens is 432 g/mol. The van der Waals surface area contributed by atoms with Gasteiger partial charge < -0.3 is 20.5 Å². The molecule has 1 fully saturated rings. The van der Waals surface area contributed by atoms with Crippen LogP contribution < -0.4 is 10.6 Å². The number of amides is 2. The smallest absolute Gasteiger partial charge is 0.407 e. The Kier molecular flexibility index (Phi) is 7.20. The Balaban J connectivity index is 1.32. The van der Waals surface area contributed by atoms with E-state index in [1.807, 2.05) is 24.3 Å². The van der Waals surface area contributed by atoms with Crippen molar-refractivity contribution in [2.45, 2.75) is 57.5 Å². The van der Waals surface area contributed by atoms with Crippen molar-refractivity contribution in [1.29, 1.82) is 0 Å². The molecule has 0 unspecified atom stereocenters. The van der Waals surface area contributed by atoms with Crippen molar-refractivity contribution < 1.29 is 24.2 Å². The molecule has 0 heterocycles. The zero-order chi connectivity index (χ0) is 24.2. The first-order chi connectivity index (χ1) is 16.3. The van der Waals surface area contributed by atoms with Gasteiger partial charge in [0.2, 0.25) is 5.91 Å². The number of rotatable bonds is 7. The van der Waals surface area contributed by atoms with Gasteiger partial charge in [-0.1, -0.05) is 68.8 Å². The Morgan fingerprint density at radius 1 is 1.00 bits per heavy atom. The Bertz CT molecular complexity index is 1020. The van der Waals surface area contributed by atoms with Gasteiger partial charge in [-0.05, 0) is 47.4 Å². The molecule has 7 nitrogen and oxygen atoms in total. The number of fused-ring (bicyclic) bond motifs is 3. The van der Waals surface area contributed by atoms with Gasteiger partial charge in [0.05, 0.1) is 0 Å². The number of benzene rings is 2. The van der Waals surface area contributed by atoms with Crippen LogP contribution in [0.3, 0.4) is 0 Å². The van der Waals surface area contributed by atoms with Crippen LogP contribution in [0.1, 0.15) is 56.6 Å². The number of carboxylic acids is 1. The predicted molar refractivity (Wildman–Crippen MR) is 128 cm³/mol. The van der Waals surface area contributed by atoms with E-state index in [0.717, 1.165) is 24.0 Å². The molecule has 0 saturated heterocycles. The maximum atomic E-state index is 12.7. The number of hydrogen-bond donors (Lipinski definition) is 3. The molecule has 0 aliphatic heterocycles. The standard InChI is InChI=1S/C27H32N2O5/c1-16(2)24(26(31)32)29-25(30)17-8-7-9-18(14-17)28-27(33)34-15-23-21-12-5-3-10-19(21)20-11-4-6-13-22(20)23/h3-6,10-13,16-18,23-24H,7-9,14-15H2,1-2H3,(H,28,33)(H,29,30)(H,31,32)/t17-,18-,24+/m1/s1. The average molecular weight is 465 g/mol. The average Bonchev–Trinajstić information content (AvgIpc) is 3.14. The highest BCUT2D eigenvalue weighted by Gasteiger charge is 2.33. The van der Waals surface area contributed by atoms with Crippen molar-refractivity contribution in [3.8, 4) is 11.1 Å². The number of carbonyl (C=O) groups is 3. The second-order valence-corrected chi connectivity index (χ2v) is 9.60. The molecule has 2 aliphatic carbocycles. The van der Waals surface area contributed by atoms with Gasteiger partial charge in [0.15, 0.2) is 0 Å². The Labute approximate surface area is 199 Å². The van der Waals surface area contributed by atoms with Gasteiger partial charge >= 0.3 is 12.1 Å². The maximum Gasteiger partial charge on any atom is 0.407 e. The van der Waals surface area contributed by atoms with Crippen LogP contribution in [0.15, 0.2) is 48.5 Å². The first-order valence-electron chi connectivity index (χ1n) is 12.0. The van der Waals surface area contributed by atoms with Crippen LogP contribution in [0.5, 0.6) is 0 Å². The van der Waals surface area contributed by atoms with Gasteiger partial charge in [-0.15, -0.1) is 0 Å². The number of carboxylic acid groups (broad SMARTS) is 1. The molecule has 34 heavy (non-hydrogen) atoms. The molecule has 4 rings (SSSR count). The summed E-state index contributed by atoms with van der Waals surface area (Å²) in [6.07, 6.45) is 2.21. The molecule has 1 saturated carbocycles. The van der Waals surface area contributed by atoms with E-state index in [1.54, 1.807) is 13.8 Å². The quantitative estimate of drug-likeness (QED) is 0.566. The normalized spacial score (nSPS) is 20.2. The van der Waals surface area contributed by atoms with Gasteiger partial charge in [0, 0.05) is 17.9 Å². The Hall–Kier alpha value is -3.35. The Morgan fingerprint density at radius 2 is 1.62 bits per heavy atom. The van der Waals surface area contributed by atoms with Crippen LogP contribution in [0.4, 0.5) is 4.79 Å². The highest BCUT2D eigenvalue weighted by atomic mass is 16.5. The number of carbonyl (C=O) groups excluding carboxylic acids is 2. The fourth-order valence-corrected chi connectivity index (χ4v) is 5.15. The lowest BCUT2D eigenvalue weighted by atomic mass is 9.85. The molecular formula is C27H32N2O5. The van der Waals surface area contributed by atoms with Gasteiger partial charge in [-0.2, -0.15) is 0 Å². The molecule has 180 valence electrons. The summed E-state index contributed by atoms with van der Waals surface area (Å²) in [6.45, 7) is 3.77. The molecule has 3 atom stereocenters. The van der Waals surface area contributed by atoms with Crippen molar-refractivity contribution in [3.63, 3.8) is 0 Å². The summed E-state index contributed by atoms with van der Waals surface area (Å²) in [5.41, 5.74) is 4.66.